The number of nitrogens with zero attached hydrogens (tertiary/aromatic N) is 1. The second-order valence-corrected chi connectivity index (χ2v) is 9.11. The predicted molar refractivity (Wildman–Crippen MR) is 126 cm³/mol. The molecule has 3 rings (SSSR count). The Hall–Kier alpha value is -2.33. The van der Waals surface area contributed by atoms with Gasteiger partial charge in [-0.3, -0.25) is 9.59 Å². The molecule has 0 bridgehead atoms. The first-order valence-electron chi connectivity index (χ1n) is 11.3. The van der Waals surface area contributed by atoms with Gasteiger partial charge in [-0.2, -0.15) is 0 Å². The lowest BCUT2D eigenvalue weighted by Gasteiger charge is -2.32. The third kappa shape index (κ3) is 6.33. The highest BCUT2D eigenvalue weighted by atomic mass is 35.5. The Morgan fingerprint density at radius 2 is 1.77 bits per heavy atom. The first-order valence-corrected chi connectivity index (χ1v) is 11.7. The van der Waals surface area contributed by atoms with Crippen LogP contribution < -0.4 is 5.32 Å². The lowest BCUT2D eigenvalue weighted by Crippen LogP contribution is -2.51. The SMILES string of the molecule is CC[C@@H](C(=O)NC1CCCC1)N(Cc1ccc(Cl)cc1)C(=O)Cc1cc(C)ccc1C. The minimum Gasteiger partial charge on any atom is -0.352 e. The van der Waals surface area contributed by atoms with Crippen LogP contribution >= 0.6 is 11.6 Å². The first-order chi connectivity index (χ1) is 14.9. The number of carbonyl (C=O) groups is 2. The molecule has 4 nitrogen and oxygen atoms in total. The highest BCUT2D eigenvalue weighted by Crippen LogP contribution is 2.21. The van der Waals surface area contributed by atoms with Crippen molar-refractivity contribution in [2.24, 2.45) is 0 Å². The Bertz CT molecular complexity index is 904. The molecule has 0 radical (unpaired) electrons. The van der Waals surface area contributed by atoms with E-state index >= 15 is 0 Å². The zero-order chi connectivity index (χ0) is 22.4. The molecule has 5 heteroatoms. The summed E-state index contributed by atoms with van der Waals surface area (Å²) < 4.78 is 0. The number of nitrogens with one attached hydrogen (secondary N) is 1. The molecule has 1 fully saturated rings. The van der Waals surface area contributed by atoms with Gasteiger partial charge >= 0.3 is 0 Å². The van der Waals surface area contributed by atoms with E-state index in [0.717, 1.165) is 47.9 Å². The van der Waals surface area contributed by atoms with E-state index in [1.807, 2.05) is 51.1 Å². The van der Waals surface area contributed by atoms with Crippen molar-refractivity contribution in [3.63, 3.8) is 0 Å². The summed E-state index contributed by atoms with van der Waals surface area (Å²) in [5.74, 6) is -0.0743. The quantitative estimate of drug-likeness (QED) is 0.600. The summed E-state index contributed by atoms with van der Waals surface area (Å²) in [6.45, 7) is 6.41. The summed E-state index contributed by atoms with van der Waals surface area (Å²) in [7, 11) is 0. The monoisotopic (exact) mass is 440 g/mol. The van der Waals surface area contributed by atoms with Crippen LogP contribution in [-0.2, 0) is 22.6 Å². The molecule has 166 valence electrons. The van der Waals surface area contributed by atoms with Gasteiger partial charge in [-0.15, -0.1) is 0 Å². The lowest BCUT2D eigenvalue weighted by atomic mass is 10.0. The summed E-state index contributed by atoms with van der Waals surface area (Å²) in [6.07, 6.45) is 5.22. The van der Waals surface area contributed by atoms with Gasteiger partial charge in [-0.1, -0.05) is 67.3 Å². The molecule has 2 amide bonds. The maximum atomic E-state index is 13.5. The summed E-state index contributed by atoms with van der Waals surface area (Å²) >= 11 is 6.04. The van der Waals surface area contributed by atoms with E-state index in [1.54, 1.807) is 4.90 Å². The number of amides is 2. The van der Waals surface area contributed by atoms with Gasteiger partial charge in [-0.05, 0) is 61.9 Å². The van der Waals surface area contributed by atoms with Crippen LogP contribution in [0.25, 0.3) is 0 Å². The van der Waals surface area contributed by atoms with E-state index in [4.69, 9.17) is 11.6 Å². The summed E-state index contributed by atoms with van der Waals surface area (Å²) in [5, 5.41) is 3.85. The van der Waals surface area contributed by atoms with Crippen molar-refractivity contribution < 1.29 is 9.59 Å². The summed E-state index contributed by atoms with van der Waals surface area (Å²) in [4.78, 5) is 28.4. The van der Waals surface area contributed by atoms with Gasteiger partial charge in [0.2, 0.25) is 11.8 Å². The maximum Gasteiger partial charge on any atom is 0.243 e. The fourth-order valence-electron chi connectivity index (χ4n) is 4.33. The number of aryl methyl sites for hydroxylation is 2. The van der Waals surface area contributed by atoms with Gasteiger partial charge in [0.25, 0.3) is 0 Å². The number of rotatable bonds is 8. The largest absolute Gasteiger partial charge is 0.352 e. The van der Waals surface area contributed by atoms with Crippen molar-refractivity contribution in [3.8, 4) is 0 Å². The minimum absolute atomic E-state index is 0.0305. The van der Waals surface area contributed by atoms with Gasteiger partial charge in [0.15, 0.2) is 0 Å². The van der Waals surface area contributed by atoms with Crippen LogP contribution in [0.3, 0.4) is 0 Å². The van der Waals surface area contributed by atoms with Crippen molar-refractivity contribution in [3.05, 3.63) is 69.7 Å². The van der Waals surface area contributed by atoms with Gasteiger partial charge < -0.3 is 10.2 Å². The Kier molecular flexibility index (Phi) is 8.14. The van der Waals surface area contributed by atoms with Crippen molar-refractivity contribution in [1.29, 1.82) is 0 Å². The Balaban J connectivity index is 1.84. The second-order valence-electron chi connectivity index (χ2n) is 8.67. The van der Waals surface area contributed by atoms with E-state index in [9.17, 15) is 9.59 Å². The van der Waals surface area contributed by atoms with Crippen molar-refractivity contribution in [1.82, 2.24) is 10.2 Å². The van der Waals surface area contributed by atoms with Crippen LogP contribution in [0, 0.1) is 13.8 Å². The maximum absolute atomic E-state index is 13.5. The highest BCUT2D eigenvalue weighted by Gasteiger charge is 2.30. The molecule has 1 aliphatic carbocycles. The smallest absolute Gasteiger partial charge is 0.243 e. The van der Waals surface area contributed by atoms with Crippen LogP contribution in [0.5, 0.6) is 0 Å². The fraction of sp³-hybridized carbons (Fsp3) is 0.462. The van der Waals surface area contributed by atoms with E-state index in [-0.39, 0.29) is 24.3 Å². The number of benzene rings is 2. The summed E-state index contributed by atoms with van der Waals surface area (Å²) in [5.41, 5.74) is 4.19. The number of hydrogen-bond donors (Lipinski definition) is 1. The molecule has 1 saturated carbocycles. The van der Waals surface area contributed by atoms with E-state index in [0.29, 0.717) is 18.0 Å². The molecule has 0 unspecified atom stereocenters. The molecule has 2 aromatic carbocycles. The van der Waals surface area contributed by atoms with E-state index < -0.39 is 6.04 Å². The number of hydrogen-bond acceptors (Lipinski definition) is 2. The molecule has 1 atom stereocenters. The molecule has 1 N–H and O–H groups in total. The van der Waals surface area contributed by atoms with Crippen molar-refractivity contribution in [2.75, 3.05) is 0 Å². The topological polar surface area (TPSA) is 49.4 Å². The number of halogens is 1. The molecular weight excluding hydrogens is 408 g/mol. The standard InChI is InChI=1S/C26H33ClN2O2/c1-4-24(26(31)28-23-7-5-6-8-23)29(17-20-11-13-22(27)14-12-20)25(30)16-21-15-18(2)9-10-19(21)3/h9-15,23-24H,4-8,16-17H2,1-3H3,(H,28,31)/t24-/m0/s1. The second kappa shape index (κ2) is 10.8. The van der Waals surface area contributed by atoms with Crippen molar-refractivity contribution >= 4 is 23.4 Å². The Labute approximate surface area is 191 Å². The van der Waals surface area contributed by atoms with E-state index in [2.05, 4.69) is 17.4 Å². The molecule has 0 spiro atoms. The van der Waals surface area contributed by atoms with Crippen LogP contribution in [0.15, 0.2) is 42.5 Å². The van der Waals surface area contributed by atoms with Crippen molar-refractivity contribution in [2.45, 2.75) is 77.9 Å². The Morgan fingerprint density at radius 3 is 2.42 bits per heavy atom. The fourth-order valence-corrected chi connectivity index (χ4v) is 4.45. The zero-order valence-electron chi connectivity index (χ0n) is 18.8. The van der Waals surface area contributed by atoms with E-state index in [1.165, 1.54) is 0 Å². The molecule has 0 saturated heterocycles. The van der Waals surface area contributed by atoms with Gasteiger partial charge in [0.05, 0.1) is 6.42 Å². The first kappa shape index (κ1) is 23.3. The summed E-state index contributed by atoms with van der Waals surface area (Å²) in [6, 6.07) is 13.4. The average molecular weight is 441 g/mol. The Morgan fingerprint density at radius 1 is 1.10 bits per heavy atom. The molecule has 0 aliphatic heterocycles. The highest BCUT2D eigenvalue weighted by molar-refractivity contribution is 6.30. The normalized spacial score (nSPS) is 15.0. The third-order valence-corrected chi connectivity index (χ3v) is 6.45. The minimum atomic E-state index is -0.492. The van der Waals surface area contributed by atoms with Gasteiger partial charge in [-0.25, -0.2) is 0 Å². The average Bonchev–Trinajstić information content (AvgIpc) is 3.25. The van der Waals surface area contributed by atoms with Crippen LogP contribution in [-0.4, -0.2) is 28.8 Å². The van der Waals surface area contributed by atoms with Crippen LogP contribution in [0.4, 0.5) is 0 Å². The number of carbonyl (C=O) groups excluding carboxylic acids is 2. The van der Waals surface area contributed by atoms with Gasteiger partial charge in [0, 0.05) is 17.6 Å². The molecule has 1 aliphatic rings. The molecule has 0 aromatic heterocycles. The molecule has 0 heterocycles. The van der Waals surface area contributed by atoms with Crippen LogP contribution in [0.1, 0.15) is 61.3 Å². The molecule has 2 aromatic rings. The lowest BCUT2D eigenvalue weighted by molar-refractivity contribution is -0.141. The molecular formula is C26H33ClN2O2. The van der Waals surface area contributed by atoms with Gasteiger partial charge in [0.1, 0.15) is 6.04 Å². The zero-order valence-corrected chi connectivity index (χ0v) is 19.5. The third-order valence-electron chi connectivity index (χ3n) is 6.20. The molecule has 31 heavy (non-hydrogen) atoms. The predicted octanol–water partition coefficient (Wildman–Crippen LogP) is 5.37. The van der Waals surface area contributed by atoms with Crippen LogP contribution in [0.2, 0.25) is 5.02 Å².